The molecule has 0 saturated heterocycles. The number of aryl methyl sites for hydroxylation is 1. The minimum Gasteiger partial charge on any atom is -0.493 e. The van der Waals surface area contributed by atoms with Gasteiger partial charge in [-0.05, 0) is 31.5 Å². The van der Waals surface area contributed by atoms with Crippen molar-refractivity contribution in [1.82, 2.24) is 15.0 Å². The van der Waals surface area contributed by atoms with Gasteiger partial charge in [0.15, 0.2) is 0 Å². The molecule has 0 aliphatic heterocycles. The van der Waals surface area contributed by atoms with Crippen LogP contribution in [0.5, 0.6) is 5.75 Å². The summed E-state index contributed by atoms with van der Waals surface area (Å²) in [5.41, 5.74) is 5.86. The Bertz CT molecular complexity index is 1340. The molecule has 7 nitrogen and oxygen atoms in total. The molecule has 0 aliphatic rings. The molecule has 2 heterocycles. The van der Waals surface area contributed by atoms with Crippen LogP contribution in [-0.2, 0) is 11.3 Å². The molecular weight excluding hydrogens is 424 g/mol. The number of para-hydroxylation sites is 1. The van der Waals surface area contributed by atoms with Crippen LogP contribution in [0.2, 0.25) is 0 Å². The zero-order valence-electron chi connectivity index (χ0n) is 17.7. The average molecular weight is 447 g/mol. The third-order valence-corrected chi connectivity index (χ3v) is 5.74. The van der Waals surface area contributed by atoms with Crippen LogP contribution in [0.1, 0.15) is 18.1 Å². The predicted molar refractivity (Wildman–Crippen MR) is 127 cm³/mol. The van der Waals surface area contributed by atoms with Gasteiger partial charge in [-0.15, -0.1) is 11.3 Å². The highest BCUT2D eigenvalue weighted by molar-refractivity contribution is 7.17. The van der Waals surface area contributed by atoms with E-state index >= 15 is 0 Å². The van der Waals surface area contributed by atoms with E-state index < -0.39 is 5.91 Å². The molecule has 0 unspecified atom stereocenters. The molecule has 4 aromatic rings. The van der Waals surface area contributed by atoms with E-state index in [9.17, 15) is 9.59 Å². The van der Waals surface area contributed by atoms with Crippen LogP contribution < -0.4 is 15.7 Å². The topological polar surface area (TPSA) is 85.6 Å². The summed E-state index contributed by atoms with van der Waals surface area (Å²) in [5, 5.41) is 6.44. The molecule has 0 aliphatic carbocycles. The van der Waals surface area contributed by atoms with Crippen molar-refractivity contribution in [2.75, 3.05) is 6.61 Å². The highest BCUT2D eigenvalue weighted by atomic mass is 32.1. The Kier molecular flexibility index (Phi) is 6.42. The Morgan fingerprint density at radius 2 is 2.00 bits per heavy atom. The Hall–Kier alpha value is -3.78. The fourth-order valence-corrected chi connectivity index (χ4v) is 4.17. The van der Waals surface area contributed by atoms with Crippen LogP contribution in [0.15, 0.2) is 70.1 Å². The number of hydrogen-bond acceptors (Lipinski definition) is 6. The molecule has 0 bridgehead atoms. The number of ether oxygens (including phenoxy) is 1. The largest absolute Gasteiger partial charge is 0.493 e. The number of carbonyl (C=O) groups is 1. The predicted octanol–water partition coefficient (Wildman–Crippen LogP) is 3.98. The number of fused-ring (bicyclic) bond motifs is 1. The first-order valence-corrected chi connectivity index (χ1v) is 11.0. The zero-order valence-corrected chi connectivity index (χ0v) is 18.6. The van der Waals surface area contributed by atoms with E-state index in [1.54, 1.807) is 0 Å². The molecule has 162 valence electrons. The summed E-state index contributed by atoms with van der Waals surface area (Å²) in [5.74, 6) is 0.255. The summed E-state index contributed by atoms with van der Waals surface area (Å²) < 4.78 is 6.83. The van der Waals surface area contributed by atoms with Crippen molar-refractivity contribution >= 4 is 33.7 Å². The smallest absolute Gasteiger partial charge is 0.263 e. The van der Waals surface area contributed by atoms with Crippen molar-refractivity contribution in [3.05, 3.63) is 81.7 Å². The van der Waals surface area contributed by atoms with Crippen molar-refractivity contribution in [2.45, 2.75) is 20.4 Å². The third kappa shape index (κ3) is 4.60. The summed E-state index contributed by atoms with van der Waals surface area (Å²) in [6.07, 6.45) is 2.91. The summed E-state index contributed by atoms with van der Waals surface area (Å²) in [6.45, 7) is 4.26. The number of nitrogens with one attached hydrogen (secondary N) is 1. The second-order valence-electron chi connectivity index (χ2n) is 7.14. The fraction of sp³-hybridized carbons (Fsp3) is 0.167. The molecule has 0 radical (unpaired) electrons. The number of thiophene rings is 1. The summed E-state index contributed by atoms with van der Waals surface area (Å²) in [7, 11) is 0. The van der Waals surface area contributed by atoms with Crippen LogP contribution >= 0.6 is 11.3 Å². The highest BCUT2D eigenvalue weighted by Gasteiger charge is 2.14. The Labute approximate surface area is 189 Å². The van der Waals surface area contributed by atoms with E-state index in [0.29, 0.717) is 22.6 Å². The van der Waals surface area contributed by atoms with Gasteiger partial charge < -0.3 is 4.74 Å². The second kappa shape index (κ2) is 9.57. The van der Waals surface area contributed by atoms with Crippen molar-refractivity contribution in [3.63, 3.8) is 0 Å². The van der Waals surface area contributed by atoms with Crippen molar-refractivity contribution < 1.29 is 9.53 Å². The SMILES string of the molecule is CCOc1ccccc1C=NNC(=O)Cn1cnc2scc(-c3ccc(C)cc3)c2c1=O. The number of benzene rings is 2. The maximum absolute atomic E-state index is 13.1. The number of rotatable bonds is 7. The maximum atomic E-state index is 13.1. The van der Waals surface area contributed by atoms with Crippen molar-refractivity contribution in [3.8, 4) is 16.9 Å². The standard InChI is InChI=1S/C24H22N4O3S/c1-3-31-20-7-5-4-6-18(20)12-26-27-21(29)13-28-15-25-23-22(24(28)30)19(14-32-23)17-10-8-16(2)9-11-17/h4-12,14-15H,3,13H2,1-2H3,(H,27,29). The van der Waals surface area contributed by atoms with E-state index in [4.69, 9.17) is 4.74 Å². The minimum atomic E-state index is -0.425. The molecule has 4 rings (SSSR count). The molecule has 0 saturated carbocycles. The first kappa shape index (κ1) is 21.5. The lowest BCUT2D eigenvalue weighted by molar-refractivity contribution is -0.121. The molecule has 0 fully saturated rings. The van der Waals surface area contributed by atoms with Gasteiger partial charge in [-0.25, -0.2) is 10.4 Å². The van der Waals surface area contributed by atoms with Crippen LogP contribution in [0.25, 0.3) is 21.3 Å². The van der Waals surface area contributed by atoms with Crippen LogP contribution in [0, 0.1) is 6.92 Å². The second-order valence-corrected chi connectivity index (χ2v) is 8.00. The molecular formula is C24H22N4O3S. The minimum absolute atomic E-state index is 0.185. The Balaban J connectivity index is 1.52. The van der Waals surface area contributed by atoms with Crippen LogP contribution in [-0.4, -0.2) is 28.3 Å². The molecule has 2 aromatic carbocycles. The molecule has 32 heavy (non-hydrogen) atoms. The van der Waals surface area contributed by atoms with E-state index in [-0.39, 0.29) is 12.1 Å². The number of hydrogen-bond donors (Lipinski definition) is 1. The molecule has 2 aromatic heterocycles. The van der Waals surface area contributed by atoms with E-state index in [1.807, 2.05) is 67.8 Å². The maximum Gasteiger partial charge on any atom is 0.263 e. The molecule has 8 heteroatoms. The van der Waals surface area contributed by atoms with E-state index in [1.165, 1.54) is 28.4 Å². The van der Waals surface area contributed by atoms with Gasteiger partial charge in [0.25, 0.3) is 11.5 Å². The van der Waals surface area contributed by atoms with Crippen molar-refractivity contribution in [1.29, 1.82) is 0 Å². The van der Waals surface area contributed by atoms with E-state index in [2.05, 4.69) is 15.5 Å². The Morgan fingerprint density at radius 1 is 1.22 bits per heavy atom. The number of nitrogens with zero attached hydrogens (tertiary/aromatic N) is 3. The molecule has 1 N–H and O–H groups in total. The quantitative estimate of drug-likeness (QED) is 0.344. The molecule has 0 spiro atoms. The normalized spacial score (nSPS) is 11.2. The van der Waals surface area contributed by atoms with Crippen molar-refractivity contribution in [2.24, 2.45) is 5.10 Å². The van der Waals surface area contributed by atoms with Gasteiger partial charge in [0, 0.05) is 16.5 Å². The first-order valence-electron chi connectivity index (χ1n) is 10.1. The average Bonchev–Trinajstić information content (AvgIpc) is 3.22. The summed E-state index contributed by atoms with van der Waals surface area (Å²) in [4.78, 5) is 30.5. The van der Waals surface area contributed by atoms with Gasteiger partial charge in [-0.3, -0.25) is 14.2 Å². The van der Waals surface area contributed by atoms with Gasteiger partial charge in [0.2, 0.25) is 0 Å². The lowest BCUT2D eigenvalue weighted by Gasteiger charge is -2.07. The molecule has 1 amide bonds. The lowest BCUT2D eigenvalue weighted by Crippen LogP contribution is -2.30. The lowest BCUT2D eigenvalue weighted by atomic mass is 10.1. The van der Waals surface area contributed by atoms with Gasteiger partial charge in [-0.1, -0.05) is 42.0 Å². The third-order valence-electron chi connectivity index (χ3n) is 4.85. The first-order chi connectivity index (χ1) is 15.6. The highest BCUT2D eigenvalue weighted by Crippen LogP contribution is 2.30. The van der Waals surface area contributed by atoms with Gasteiger partial charge in [0.1, 0.15) is 17.1 Å². The van der Waals surface area contributed by atoms with E-state index in [0.717, 1.165) is 22.3 Å². The fourth-order valence-electron chi connectivity index (χ4n) is 3.26. The van der Waals surface area contributed by atoms with Crippen LogP contribution in [0.3, 0.4) is 0 Å². The van der Waals surface area contributed by atoms with Gasteiger partial charge in [-0.2, -0.15) is 5.10 Å². The summed E-state index contributed by atoms with van der Waals surface area (Å²) >= 11 is 1.41. The van der Waals surface area contributed by atoms with Gasteiger partial charge in [0.05, 0.1) is 24.5 Å². The Morgan fingerprint density at radius 3 is 2.78 bits per heavy atom. The number of carbonyl (C=O) groups excluding carboxylic acids is 1. The monoisotopic (exact) mass is 446 g/mol. The van der Waals surface area contributed by atoms with Gasteiger partial charge >= 0.3 is 0 Å². The zero-order chi connectivity index (χ0) is 22.5. The van der Waals surface area contributed by atoms with Crippen LogP contribution in [0.4, 0.5) is 0 Å². The number of hydrazone groups is 1. The number of aromatic nitrogens is 2. The molecule has 0 atom stereocenters. The number of amides is 1. The summed E-state index contributed by atoms with van der Waals surface area (Å²) in [6, 6.07) is 15.4.